The van der Waals surface area contributed by atoms with Gasteiger partial charge in [-0.3, -0.25) is 0 Å². The van der Waals surface area contributed by atoms with Crippen LogP contribution >= 0.6 is 31.9 Å². The van der Waals surface area contributed by atoms with Crippen LogP contribution in [0.15, 0.2) is 38.5 Å². The van der Waals surface area contributed by atoms with Crippen LogP contribution in [0.25, 0.3) is 0 Å². The Labute approximate surface area is 133 Å². The summed E-state index contributed by atoms with van der Waals surface area (Å²) in [6.07, 6.45) is 3.74. The summed E-state index contributed by atoms with van der Waals surface area (Å²) >= 11 is 6.44. The van der Waals surface area contributed by atoms with Crippen LogP contribution in [0.4, 0.5) is 5.69 Å². The quantitative estimate of drug-likeness (QED) is 0.640. The largest absolute Gasteiger partial charge is 0.399 e. The van der Waals surface area contributed by atoms with Gasteiger partial charge < -0.3 is 10.7 Å². The predicted octanol–water partition coefficient (Wildman–Crippen LogP) is 2.04. The molecule has 0 spiro atoms. The van der Waals surface area contributed by atoms with E-state index in [2.05, 4.69) is 46.5 Å². The van der Waals surface area contributed by atoms with Crippen molar-refractivity contribution in [3.8, 4) is 0 Å². The van der Waals surface area contributed by atoms with E-state index in [0.717, 1.165) is 5.69 Å². The van der Waals surface area contributed by atoms with Crippen LogP contribution in [0, 0.1) is 0 Å². The number of aromatic nitrogens is 2. The normalized spacial score (nSPS) is 11.7. The van der Waals surface area contributed by atoms with E-state index in [1.807, 2.05) is 0 Å². The van der Waals surface area contributed by atoms with E-state index in [0.29, 0.717) is 21.1 Å². The highest BCUT2D eigenvalue weighted by molar-refractivity contribution is 9.11. The molecule has 108 valence electrons. The lowest BCUT2D eigenvalue weighted by Crippen LogP contribution is -2.26. The Bertz CT molecular complexity index is 678. The summed E-state index contributed by atoms with van der Waals surface area (Å²) in [5.41, 5.74) is 6.99. The summed E-state index contributed by atoms with van der Waals surface area (Å²) in [7, 11) is -3.63. The van der Waals surface area contributed by atoms with Gasteiger partial charge in [0.2, 0.25) is 10.0 Å². The second kappa shape index (κ2) is 6.25. The molecule has 0 saturated heterocycles. The van der Waals surface area contributed by atoms with Crippen LogP contribution in [0.5, 0.6) is 0 Å². The molecule has 4 N–H and O–H groups in total. The Hall–Kier alpha value is -0.900. The molecular weight excluding hydrogens is 412 g/mol. The first-order valence-electron chi connectivity index (χ1n) is 5.61. The SMILES string of the molecule is Nc1cc(Br)c(S(=O)(=O)NCCc2cnc[nH]2)c(Br)c1. The lowest BCUT2D eigenvalue weighted by molar-refractivity contribution is 0.580. The molecule has 1 heterocycles. The van der Waals surface area contributed by atoms with E-state index in [-0.39, 0.29) is 11.4 Å². The van der Waals surface area contributed by atoms with Crippen LogP contribution in [-0.4, -0.2) is 24.9 Å². The summed E-state index contributed by atoms with van der Waals surface area (Å²) in [5.74, 6) is 0. The van der Waals surface area contributed by atoms with E-state index in [1.165, 1.54) is 0 Å². The van der Waals surface area contributed by atoms with Gasteiger partial charge in [-0.2, -0.15) is 0 Å². The number of benzene rings is 1. The molecule has 0 unspecified atom stereocenters. The van der Waals surface area contributed by atoms with Crippen molar-refractivity contribution in [3.63, 3.8) is 0 Å². The lowest BCUT2D eigenvalue weighted by Gasteiger charge is -2.11. The van der Waals surface area contributed by atoms with Crippen LogP contribution in [-0.2, 0) is 16.4 Å². The highest BCUT2D eigenvalue weighted by Gasteiger charge is 2.21. The number of sulfonamides is 1. The number of imidazole rings is 1. The van der Waals surface area contributed by atoms with E-state index in [4.69, 9.17) is 5.73 Å². The molecule has 0 amide bonds. The van der Waals surface area contributed by atoms with E-state index in [9.17, 15) is 8.42 Å². The number of halogens is 2. The number of nitrogens with zero attached hydrogens (tertiary/aromatic N) is 1. The second-order valence-electron chi connectivity index (χ2n) is 4.04. The number of nitrogen functional groups attached to an aromatic ring is 1. The monoisotopic (exact) mass is 422 g/mol. The van der Waals surface area contributed by atoms with Crippen LogP contribution < -0.4 is 10.5 Å². The molecule has 9 heteroatoms. The molecule has 0 fully saturated rings. The third-order valence-electron chi connectivity index (χ3n) is 2.53. The average Bonchev–Trinajstić information content (AvgIpc) is 2.79. The molecule has 2 rings (SSSR count). The Morgan fingerprint density at radius 1 is 1.30 bits per heavy atom. The first-order chi connectivity index (χ1) is 9.40. The maximum Gasteiger partial charge on any atom is 0.242 e. The molecule has 1 aromatic heterocycles. The molecule has 1 aromatic carbocycles. The lowest BCUT2D eigenvalue weighted by atomic mass is 10.3. The molecule has 0 saturated carbocycles. The molecule has 0 aliphatic heterocycles. The zero-order chi connectivity index (χ0) is 14.8. The van der Waals surface area contributed by atoms with Crippen molar-refractivity contribution in [1.82, 2.24) is 14.7 Å². The fraction of sp³-hybridized carbons (Fsp3) is 0.182. The Balaban J connectivity index is 2.14. The Morgan fingerprint density at radius 2 is 1.95 bits per heavy atom. The zero-order valence-corrected chi connectivity index (χ0v) is 14.2. The van der Waals surface area contributed by atoms with Gasteiger partial charge >= 0.3 is 0 Å². The molecule has 0 bridgehead atoms. The summed E-state index contributed by atoms with van der Waals surface area (Å²) < 4.78 is 27.9. The van der Waals surface area contributed by atoms with Gasteiger partial charge in [-0.25, -0.2) is 18.1 Å². The van der Waals surface area contributed by atoms with Crippen LogP contribution in [0.3, 0.4) is 0 Å². The number of rotatable bonds is 5. The minimum atomic E-state index is -3.63. The first-order valence-corrected chi connectivity index (χ1v) is 8.68. The second-order valence-corrected chi connectivity index (χ2v) is 7.45. The summed E-state index contributed by atoms with van der Waals surface area (Å²) in [4.78, 5) is 6.92. The maximum absolute atomic E-state index is 12.3. The average molecular weight is 424 g/mol. The van der Waals surface area contributed by atoms with Gasteiger partial charge in [-0.1, -0.05) is 0 Å². The van der Waals surface area contributed by atoms with Gasteiger partial charge in [-0.05, 0) is 44.0 Å². The number of hydrogen-bond donors (Lipinski definition) is 3. The van der Waals surface area contributed by atoms with Gasteiger partial charge in [0, 0.05) is 39.5 Å². The summed E-state index contributed by atoms with van der Waals surface area (Å²) in [5, 5.41) is 0. The maximum atomic E-state index is 12.3. The molecular formula is C11H12Br2N4O2S. The standard InChI is InChI=1S/C11H12Br2N4O2S/c12-9-3-7(14)4-10(13)11(9)20(18,19)17-2-1-8-5-15-6-16-8/h3-6,17H,1-2,14H2,(H,15,16). The van der Waals surface area contributed by atoms with Crippen molar-refractivity contribution in [2.24, 2.45) is 0 Å². The minimum absolute atomic E-state index is 0.135. The third-order valence-corrected chi connectivity index (χ3v) is 5.87. The molecule has 0 aliphatic rings. The Morgan fingerprint density at radius 3 is 2.50 bits per heavy atom. The van der Waals surface area contributed by atoms with Gasteiger partial charge in [-0.15, -0.1) is 0 Å². The zero-order valence-electron chi connectivity index (χ0n) is 10.2. The number of aromatic amines is 1. The van der Waals surface area contributed by atoms with Crippen LogP contribution in [0.2, 0.25) is 0 Å². The highest BCUT2D eigenvalue weighted by Crippen LogP contribution is 2.32. The van der Waals surface area contributed by atoms with Crippen LogP contribution in [0.1, 0.15) is 5.69 Å². The molecule has 0 radical (unpaired) electrons. The van der Waals surface area contributed by atoms with E-state index in [1.54, 1.807) is 24.7 Å². The number of H-pyrrole nitrogens is 1. The predicted molar refractivity (Wildman–Crippen MR) is 83.7 cm³/mol. The summed E-state index contributed by atoms with van der Waals surface area (Å²) in [6.45, 7) is 0.272. The van der Waals surface area contributed by atoms with E-state index >= 15 is 0 Å². The van der Waals surface area contributed by atoms with Crippen molar-refractivity contribution in [3.05, 3.63) is 39.3 Å². The van der Waals surface area contributed by atoms with Gasteiger partial charge in [0.25, 0.3) is 0 Å². The van der Waals surface area contributed by atoms with Gasteiger partial charge in [0.15, 0.2) is 0 Å². The summed E-state index contributed by atoms with van der Waals surface area (Å²) in [6, 6.07) is 3.10. The van der Waals surface area contributed by atoms with Crippen molar-refractivity contribution in [1.29, 1.82) is 0 Å². The smallest absolute Gasteiger partial charge is 0.242 e. The fourth-order valence-electron chi connectivity index (χ4n) is 1.65. The van der Waals surface area contributed by atoms with Crippen molar-refractivity contribution >= 4 is 47.6 Å². The highest BCUT2D eigenvalue weighted by atomic mass is 79.9. The molecule has 0 atom stereocenters. The number of nitrogens with two attached hydrogens (primary N) is 1. The molecule has 6 nitrogen and oxygen atoms in total. The molecule has 2 aromatic rings. The topological polar surface area (TPSA) is 101 Å². The first kappa shape index (κ1) is 15.5. The van der Waals surface area contributed by atoms with Crippen molar-refractivity contribution < 1.29 is 8.42 Å². The molecule has 20 heavy (non-hydrogen) atoms. The van der Waals surface area contributed by atoms with E-state index < -0.39 is 10.0 Å². The number of hydrogen-bond acceptors (Lipinski definition) is 4. The number of nitrogens with one attached hydrogen (secondary N) is 2. The number of anilines is 1. The third kappa shape index (κ3) is 3.60. The van der Waals surface area contributed by atoms with Crippen molar-refractivity contribution in [2.45, 2.75) is 11.3 Å². The minimum Gasteiger partial charge on any atom is -0.399 e. The molecule has 0 aliphatic carbocycles. The Kier molecular flexibility index (Phi) is 4.84. The van der Waals surface area contributed by atoms with Gasteiger partial charge in [0.05, 0.1) is 6.33 Å². The van der Waals surface area contributed by atoms with Gasteiger partial charge in [0.1, 0.15) is 4.90 Å². The fourth-order valence-corrected chi connectivity index (χ4v) is 5.30. The van der Waals surface area contributed by atoms with Crippen molar-refractivity contribution in [2.75, 3.05) is 12.3 Å².